The van der Waals surface area contributed by atoms with Gasteiger partial charge in [0.1, 0.15) is 10.7 Å². The maximum absolute atomic E-state index is 12.5. The molecule has 0 aliphatic rings. The second-order valence-electron chi connectivity index (χ2n) is 4.55. The Morgan fingerprint density at radius 2 is 1.95 bits per heavy atom. The lowest BCUT2D eigenvalue weighted by atomic mass is 10.2. The minimum atomic E-state index is -3.59. The standard InChI is InChI=1S/C14H15BrClNO3S/c1-17(8-7-11-5-3-2-4-6-11)21(18,19)13-9-12(10-16)20-14(13)15/h2-6,9H,7-8,10H2,1H3. The molecule has 0 aliphatic heterocycles. The summed E-state index contributed by atoms with van der Waals surface area (Å²) in [6.07, 6.45) is 0.647. The lowest BCUT2D eigenvalue weighted by molar-refractivity contribution is 0.465. The molecule has 0 unspecified atom stereocenters. The van der Waals surface area contributed by atoms with Crippen molar-refractivity contribution < 1.29 is 12.8 Å². The van der Waals surface area contributed by atoms with E-state index in [4.69, 9.17) is 16.0 Å². The summed E-state index contributed by atoms with van der Waals surface area (Å²) in [4.78, 5) is 0.105. The Bertz CT molecular complexity index is 700. The molecule has 0 saturated carbocycles. The molecule has 2 aromatic rings. The highest BCUT2D eigenvalue weighted by molar-refractivity contribution is 9.10. The van der Waals surface area contributed by atoms with E-state index in [0.717, 1.165) is 5.56 Å². The Morgan fingerprint density at radius 1 is 1.29 bits per heavy atom. The van der Waals surface area contributed by atoms with E-state index in [1.807, 2.05) is 30.3 Å². The van der Waals surface area contributed by atoms with Gasteiger partial charge in [-0.1, -0.05) is 30.3 Å². The van der Waals surface area contributed by atoms with Crippen molar-refractivity contribution in [1.29, 1.82) is 0 Å². The van der Waals surface area contributed by atoms with E-state index in [1.54, 1.807) is 7.05 Å². The zero-order valence-corrected chi connectivity index (χ0v) is 14.6. The molecule has 0 fully saturated rings. The van der Waals surface area contributed by atoms with Crippen LogP contribution >= 0.6 is 27.5 Å². The maximum atomic E-state index is 12.5. The van der Waals surface area contributed by atoms with E-state index in [-0.39, 0.29) is 15.4 Å². The van der Waals surface area contributed by atoms with Gasteiger partial charge >= 0.3 is 0 Å². The number of nitrogens with zero attached hydrogens (tertiary/aromatic N) is 1. The molecule has 21 heavy (non-hydrogen) atoms. The van der Waals surface area contributed by atoms with Crippen LogP contribution in [0.1, 0.15) is 11.3 Å². The van der Waals surface area contributed by atoms with Crippen LogP contribution in [-0.2, 0) is 22.3 Å². The van der Waals surface area contributed by atoms with Gasteiger partial charge in [-0.15, -0.1) is 11.6 Å². The third-order valence-corrected chi connectivity index (χ3v) is 6.06. The predicted molar refractivity (Wildman–Crippen MR) is 85.9 cm³/mol. The summed E-state index contributed by atoms with van der Waals surface area (Å²) in [6, 6.07) is 11.2. The van der Waals surface area contributed by atoms with Gasteiger partial charge in [-0.25, -0.2) is 12.7 Å². The molecular formula is C14H15BrClNO3S. The summed E-state index contributed by atoms with van der Waals surface area (Å²) < 4.78 is 31.7. The molecule has 0 amide bonds. The van der Waals surface area contributed by atoms with Gasteiger partial charge in [-0.3, -0.25) is 0 Å². The van der Waals surface area contributed by atoms with Crippen molar-refractivity contribution in [2.24, 2.45) is 0 Å². The third-order valence-electron chi connectivity index (χ3n) is 3.08. The maximum Gasteiger partial charge on any atom is 0.247 e. The van der Waals surface area contributed by atoms with E-state index in [1.165, 1.54) is 10.4 Å². The van der Waals surface area contributed by atoms with Crippen LogP contribution in [0.2, 0.25) is 0 Å². The zero-order chi connectivity index (χ0) is 15.5. The summed E-state index contributed by atoms with van der Waals surface area (Å²) in [7, 11) is -2.04. The van der Waals surface area contributed by atoms with Gasteiger partial charge in [0.05, 0.1) is 5.88 Å². The first-order valence-electron chi connectivity index (χ1n) is 6.29. The molecule has 0 bridgehead atoms. The summed E-state index contributed by atoms with van der Waals surface area (Å²) >= 11 is 8.79. The number of alkyl halides is 1. The van der Waals surface area contributed by atoms with Crippen LogP contribution in [-0.4, -0.2) is 26.3 Å². The molecule has 0 spiro atoms. The first-order chi connectivity index (χ1) is 9.95. The topological polar surface area (TPSA) is 50.5 Å². The van der Waals surface area contributed by atoms with Gasteiger partial charge in [0.25, 0.3) is 0 Å². The molecule has 0 radical (unpaired) electrons. The minimum absolute atomic E-state index is 0.105. The number of hydrogen-bond acceptors (Lipinski definition) is 3. The monoisotopic (exact) mass is 391 g/mol. The average Bonchev–Trinajstić information content (AvgIpc) is 2.87. The molecule has 1 heterocycles. The molecule has 1 aromatic carbocycles. The largest absolute Gasteiger partial charge is 0.452 e. The fourth-order valence-electron chi connectivity index (χ4n) is 1.86. The highest BCUT2D eigenvalue weighted by Crippen LogP contribution is 2.29. The van der Waals surface area contributed by atoms with Gasteiger partial charge in [-0.2, -0.15) is 0 Å². The number of likely N-dealkylation sites (N-methyl/N-ethyl adjacent to an activating group) is 1. The quantitative estimate of drug-likeness (QED) is 0.705. The number of rotatable bonds is 6. The minimum Gasteiger partial charge on any atom is -0.452 e. The van der Waals surface area contributed by atoms with Crippen LogP contribution in [0.3, 0.4) is 0 Å². The number of halogens is 2. The van der Waals surface area contributed by atoms with Gasteiger partial charge in [0.2, 0.25) is 10.0 Å². The smallest absolute Gasteiger partial charge is 0.247 e. The Kier molecular flexibility index (Phi) is 5.48. The van der Waals surface area contributed by atoms with Crippen LogP contribution < -0.4 is 0 Å². The normalized spacial score (nSPS) is 12.0. The molecular weight excluding hydrogens is 378 g/mol. The summed E-state index contributed by atoms with van der Waals surface area (Å²) in [5.41, 5.74) is 1.09. The van der Waals surface area contributed by atoms with E-state index >= 15 is 0 Å². The molecule has 0 N–H and O–H groups in total. The average molecular weight is 393 g/mol. The van der Waals surface area contributed by atoms with E-state index < -0.39 is 10.0 Å². The summed E-state index contributed by atoms with van der Waals surface area (Å²) in [6.45, 7) is 0.389. The molecule has 0 saturated heterocycles. The van der Waals surface area contributed by atoms with E-state index in [2.05, 4.69) is 15.9 Å². The van der Waals surface area contributed by atoms with Crippen molar-refractivity contribution in [3.05, 3.63) is 52.4 Å². The molecule has 0 aliphatic carbocycles. The Hall–Kier alpha value is -0.820. The third kappa shape index (κ3) is 3.88. The van der Waals surface area contributed by atoms with Crippen LogP contribution in [0.15, 0.2) is 50.4 Å². The van der Waals surface area contributed by atoms with Crippen LogP contribution in [0, 0.1) is 0 Å². The first kappa shape index (κ1) is 16.5. The fourth-order valence-corrected chi connectivity index (χ4v) is 4.12. The van der Waals surface area contributed by atoms with Crippen LogP contribution in [0.25, 0.3) is 0 Å². The van der Waals surface area contributed by atoms with Gasteiger partial charge in [-0.05, 0) is 27.9 Å². The van der Waals surface area contributed by atoms with Crippen molar-refractivity contribution >= 4 is 37.6 Å². The number of sulfonamides is 1. The van der Waals surface area contributed by atoms with Crippen molar-refractivity contribution in [1.82, 2.24) is 4.31 Å². The van der Waals surface area contributed by atoms with Crippen molar-refractivity contribution in [2.75, 3.05) is 13.6 Å². The van der Waals surface area contributed by atoms with E-state index in [0.29, 0.717) is 18.7 Å². The second-order valence-corrected chi connectivity index (χ2v) is 7.55. The number of benzene rings is 1. The van der Waals surface area contributed by atoms with Crippen LogP contribution in [0.4, 0.5) is 0 Å². The molecule has 2 rings (SSSR count). The predicted octanol–water partition coefficient (Wildman–Crippen LogP) is 3.64. The highest BCUT2D eigenvalue weighted by atomic mass is 79.9. The van der Waals surface area contributed by atoms with Crippen molar-refractivity contribution in [3.8, 4) is 0 Å². The SMILES string of the molecule is CN(CCc1ccccc1)S(=O)(=O)c1cc(CCl)oc1Br. The molecule has 114 valence electrons. The van der Waals surface area contributed by atoms with Crippen molar-refractivity contribution in [2.45, 2.75) is 17.2 Å². The molecule has 7 heteroatoms. The lowest BCUT2D eigenvalue weighted by Crippen LogP contribution is -2.29. The van der Waals surface area contributed by atoms with Crippen LogP contribution in [0.5, 0.6) is 0 Å². The second kappa shape index (κ2) is 6.96. The molecule has 4 nitrogen and oxygen atoms in total. The van der Waals surface area contributed by atoms with Crippen molar-refractivity contribution in [3.63, 3.8) is 0 Å². The van der Waals surface area contributed by atoms with Gasteiger partial charge in [0.15, 0.2) is 4.67 Å². The first-order valence-corrected chi connectivity index (χ1v) is 9.06. The lowest BCUT2D eigenvalue weighted by Gasteiger charge is -2.16. The molecule has 1 aromatic heterocycles. The van der Waals surface area contributed by atoms with Gasteiger partial charge < -0.3 is 4.42 Å². The summed E-state index contributed by atoms with van der Waals surface area (Å²) in [5, 5.41) is 0. The van der Waals surface area contributed by atoms with Gasteiger partial charge in [0, 0.05) is 19.7 Å². The Labute approximate surface area is 137 Å². The molecule has 0 atom stereocenters. The number of hydrogen-bond donors (Lipinski definition) is 0. The fraction of sp³-hybridized carbons (Fsp3) is 0.286. The van der Waals surface area contributed by atoms with E-state index in [9.17, 15) is 8.42 Å². The highest BCUT2D eigenvalue weighted by Gasteiger charge is 2.26. The zero-order valence-electron chi connectivity index (χ0n) is 11.4. The number of furan rings is 1. The summed E-state index contributed by atoms with van der Waals surface area (Å²) in [5.74, 6) is 0.542. The Balaban J connectivity index is 2.13. The Morgan fingerprint density at radius 3 is 2.52 bits per heavy atom.